The Morgan fingerprint density at radius 3 is 2.40 bits per heavy atom. The van der Waals surface area contributed by atoms with Gasteiger partial charge < -0.3 is 5.32 Å². The Hall–Kier alpha value is 0.210. The molecule has 1 fully saturated rings. The standard InChI is InChI=1S/C7H15ClN2/c1-5(2)6-3-10-7(8)4-9-6/h5-7,9-10H,3-4H2,1-2H3. The summed E-state index contributed by atoms with van der Waals surface area (Å²) in [7, 11) is 0. The van der Waals surface area contributed by atoms with Gasteiger partial charge in [0.1, 0.15) is 0 Å². The van der Waals surface area contributed by atoms with Gasteiger partial charge in [0.15, 0.2) is 0 Å². The van der Waals surface area contributed by atoms with Gasteiger partial charge in [0.2, 0.25) is 0 Å². The highest BCUT2D eigenvalue weighted by Gasteiger charge is 2.19. The molecule has 2 nitrogen and oxygen atoms in total. The number of nitrogens with one attached hydrogen (secondary N) is 2. The normalized spacial score (nSPS) is 34.8. The minimum absolute atomic E-state index is 0.120. The summed E-state index contributed by atoms with van der Waals surface area (Å²) in [6.45, 7) is 6.30. The van der Waals surface area contributed by atoms with Crippen LogP contribution in [-0.4, -0.2) is 24.6 Å². The first kappa shape index (κ1) is 8.31. The Balaban J connectivity index is 2.26. The fraction of sp³-hybridized carbons (Fsp3) is 1.00. The summed E-state index contributed by atoms with van der Waals surface area (Å²) < 4.78 is 0. The highest BCUT2D eigenvalue weighted by atomic mass is 35.5. The molecule has 1 heterocycles. The molecule has 0 amide bonds. The zero-order valence-corrected chi connectivity index (χ0v) is 7.28. The van der Waals surface area contributed by atoms with Crippen molar-refractivity contribution in [1.82, 2.24) is 10.6 Å². The molecule has 1 aliphatic rings. The molecule has 0 aromatic heterocycles. The summed E-state index contributed by atoms with van der Waals surface area (Å²) in [4.78, 5) is 0. The second-order valence-electron chi connectivity index (χ2n) is 3.13. The molecule has 3 heteroatoms. The topological polar surface area (TPSA) is 24.1 Å². The van der Waals surface area contributed by atoms with Gasteiger partial charge >= 0.3 is 0 Å². The molecule has 0 saturated carbocycles. The number of rotatable bonds is 1. The summed E-state index contributed by atoms with van der Waals surface area (Å²) in [5.41, 5.74) is 0.120. The van der Waals surface area contributed by atoms with Crippen molar-refractivity contribution >= 4 is 11.6 Å². The zero-order chi connectivity index (χ0) is 7.56. The maximum Gasteiger partial charge on any atom is 0.0952 e. The number of hydrogen-bond acceptors (Lipinski definition) is 2. The Labute approximate surface area is 67.3 Å². The first-order valence-corrected chi connectivity index (χ1v) is 4.24. The highest BCUT2D eigenvalue weighted by Crippen LogP contribution is 2.05. The van der Waals surface area contributed by atoms with Crippen LogP contribution >= 0.6 is 11.6 Å². The summed E-state index contributed by atoms with van der Waals surface area (Å²) in [6.07, 6.45) is 0. The van der Waals surface area contributed by atoms with Crippen LogP contribution in [0.25, 0.3) is 0 Å². The molecule has 10 heavy (non-hydrogen) atoms. The molecule has 0 aromatic rings. The van der Waals surface area contributed by atoms with Crippen LogP contribution in [0.1, 0.15) is 13.8 Å². The average Bonchev–Trinajstić information content (AvgIpc) is 1.88. The van der Waals surface area contributed by atoms with E-state index in [1.54, 1.807) is 0 Å². The third kappa shape index (κ3) is 2.11. The van der Waals surface area contributed by atoms with Crippen molar-refractivity contribution in [2.75, 3.05) is 13.1 Å². The van der Waals surface area contributed by atoms with Crippen LogP contribution in [0.5, 0.6) is 0 Å². The van der Waals surface area contributed by atoms with Gasteiger partial charge in [-0.15, -0.1) is 11.6 Å². The van der Waals surface area contributed by atoms with E-state index in [-0.39, 0.29) is 5.50 Å². The number of alkyl halides is 1. The molecule has 1 rings (SSSR count). The smallest absolute Gasteiger partial charge is 0.0952 e. The van der Waals surface area contributed by atoms with Gasteiger partial charge in [-0.25, -0.2) is 0 Å². The fourth-order valence-electron chi connectivity index (χ4n) is 1.13. The molecule has 2 N–H and O–H groups in total. The molecule has 60 valence electrons. The van der Waals surface area contributed by atoms with Crippen molar-refractivity contribution in [2.45, 2.75) is 25.4 Å². The third-order valence-corrected chi connectivity index (χ3v) is 2.23. The quantitative estimate of drug-likeness (QED) is 0.440. The van der Waals surface area contributed by atoms with Crippen molar-refractivity contribution in [1.29, 1.82) is 0 Å². The lowest BCUT2D eigenvalue weighted by Crippen LogP contribution is -2.54. The number of piperazine rings is 1. The van der Waals surface area contributed by atoms with E-state index in [9.17, 15) is 0 Å². The van der Waals surface area contributed by atoms with E-state index in [0.717, 1.165) is 13.1 Å². The van der Waals surface area contributed by atoms with Crippen LogP contribution in [0.2, 0.25) is 0 Å². The van der Waals surface area contributed by atoms with E-state index in [0.29, 0.717) is 12.0 Å². The second kappa shape index (κ2) is 3.56. The minimum Gasteiger partial charge on any atom is -0.310 e. The molecule has 0 spiro atoms. The number of halogens is 1. The lowest BCUT2D eigenvalue weighted by atomic mass is 10.0. The summed E-state index contributed by atoms with van der Waals surface area (Å²) in [5, 5.41) is 6.59. The molecule has 0 radical (unpaired) electrons. The van der Waals surface area contributed by atoms with Crippen molar-refractivity contribution in [3.05, 3.63) is 0 Å². The van der Waals surface area contributed by atoms with Gasteiger partial charge in [0.05, 0.1) is 5.50 Å². The van der Waals surface area contributed by atoms with Crippen LogP contribution in [0.15, 0.2) is 0 Å². The Bertz CT molecular complexity index is 97.8. The van der Waals surface area contributed by atoms with E-state index >= 15 is 0 Å². The fourth-order valence-corrected chi connectivity index (χ4v) is 1.30. The largest absolute Gasteiger partial charge is 0.310 e. The van der Waals surface area contributed by atoms with Crippen LogP contribution in [0.4, 0.5) is 0 Å². The predicted octanol–water partition coefficient (Wildman–Crippen LogP) is 0.769. The maximum atomic E-state index is 5.81. The Kier molecular flexibility index (Phi) is 2.96. The predicted molar refractivity (Wildman–Crippen MR) is 44.3 cm³/mol. The van der Waals surface area contributed by atoms with E-state index in [1.807, 2.05) is 0 Å². The van der Waals surface area contributed by atoms with Crippen molar-refractivity contribution in [2.24, 2.45) is 5.92 Å². The van der Waals surface area contributed by atoms with Crippen LogP contribution in [-0.2, 0) is 0 Å². The van der Waals surface area contributed by atoms with E-state index in [1.165, 1.54) is 0 Å². The molecular formula is C7H15ClN2. The molecular weight excluding hydrogens is 148 g/mol. The van der Waals surface area contributed by atoms with Crippen LogP contribution < -0.4 is 10.6 Å². The SMILES string of the molecule is CC(C)C1CNC(Cl)CN1. The van der Waals surface area contributed by atoms with Gasteiger partial charge in [0, 0.05) is 19.1 Å². The molecule has 1 aliphatic heterocycles. The van der Waals surface area contributed by atoms with Crippen molar-refractivity contribution in [3.8, 4) is 0 Å². The third-order valence-electron chi connectivity index (χ3n) is 1.92. The monoisotopic (exact) mass is 162 g/mol. The van der Waals surface area contributed by atoms with Gasteiger partial charge in [-0.2, -0.15) is 0 Å². The summed E-state index contributed by atoms with van der Waals surface area (Å²) in [6, 6.07) is 0.593. The van der Waals surface area contributed by atoms with Gasteiger partial charge in [0.25, 0.3) is 0 Å². The second-order valence-corrected chi connectivity index (χ2v) is 3.66. The first-order chi connectivity index (χ1) is 4.70. The molecule has 2 unspecified atom stereocenters. The van der Waals surface area contributed by atoms with Crippen LogP contribution in [0, 0.1) is 5.92 Å². The summed E-state index contributed by atoms with van der Waals surface area (Å²) >= 11 is 5.81. The Morgan fingerprint density at radius 2 is 2.00 bits per heavy atom. The molecule has 1 saturated heterocycles. The lowest BCUT2D eigenvalue weighted by molar-refractivity contribution is 0.328. The maximum absolute atomic E-state index is 5.81. The van der Waals surface area contributed by atoms with Crippen LogP contribution in [0.3, 0.4) is 0 Å². The lowest BCUT2D eigenvalue weighted by Gasteiger charge is -2.30. The minimum atomic E-state index is 0.120. The average molecular weight is 163 g/mol. The van der Waals surface area contributed by atoms with Gasteiger partial charge in [-0.1, -0.05) is 13.8 Å². The zero-order valence-electron chi connectivity index (χ0n) is 6.52. The summed E-state index contributed by atoms with van der Waals surface area (Å²) in [5.74, 6) is 0.691. The van der Waals surface area contributed by atoms with Crippen molar-refractivity contribution in [3.63, 3.8) is 0 Å². The molecule has 0 aromatic carbocycles. The van der Waals surface area contributed by atoms with E-state index in [4.69, 9.17) is 11.6 Å². The molecule has 2 atom stereocenters. The van der Waals surface area contributed by atoms with Gasteiger partial charge in [-0.05, 0) is 5.92 Å². The van der Waals surface area contributed by atoms with E-state index in [2.05, 4.69) is 24.5 Å². The molecule has 0 aliphatic carbocycles. The van der Waals surface area contributed by atoms with E-state index < -0.39 is 0 Å². The van der Waals surface area contributed by atoms with Gasteiger partial charge in [-0.3, -0.25) is 5.32 Å². The first-order valence-electron chi connectivity index (χ1n) is 3.81. The Morgan fingerprint density at radius 1 is 1.30 bits per heavy atom. The highest BCUT2D eigenvalue weighted by molar-refractivity contribution is 6.20. The molecule has 0 bridgehead atoms. The van der Waals surface area contributed by atoms with Crippen molar-refractivity contribution < 1.29 is 0 Å². The number of hydrogen-bond donors (Lipinski definition) is 2.